The minimum Gasteiger partial charge on any atom is -0.456 e. The highest BCUT2D eigenvalue weighted by molar-refractivity contribution is 7.91. The first kappa shape index (κ1) is 24.5. The molecule has 0 spiro atoms. The summed E-state index contributed by atoms with van der Waals surface area (Å²) in [6, 6.07) is 6.95. The van der Waals surface area contributed by atoms with Gasteiger partial charge in [0.05, 0.1) is 13.0 Å². The van der Waals surface area contributed by atoms with Crippen molar-refractivity contribution in [3.05, 3.63) is 46.3 Å². The lowest BCUT2D eigenvalue weighted by Gasteiger charge is -2.13. The number of carbonyl (C=O) groups excluding carboxylic acids is 3. The number of anilines is 1. The second kappa shape index (κ2) is 11.0. The van der Waals surface area contributed by atoms with Crippen LogP contribution in [0, 0.1) is 20.8 Å². The number of sulfonamides is 1. The van der Waals surface area contributed by atoms with Crippen LogP contribution in [0.2, 0.25) is 0 Å². The van der Waals surface area contributed by atoms with Gasteiger partial charge in [-0.25, -0.2) is 13.1 Å². The van der Waals surface area contributed by atoms with Crippen molar-refractivity contribution in [2.45, 2.75) is 31.4 Å². The predicted molar refractivity (Wildman–Crippen MR) is 117 cm³/mol. The van der Waals surface area contributed by atoms with Gasteiger partial charge in [-0.15, -0.1) is 11.3 Å². The highest BCUT2D eigenvalue weighted by Gasteiger charge is 2.16. The fraction of sp³-hybridized carbons (Fsp3) is 0.350. The maximum Gasteiger partial charge on any atom is 0.307 e. The molecule has 0 bridgehead atoms. The van der Waals surface area contributed by atoms with Crippen molar-refractivity contribution in [2.24, 2.45) is 0 Å². The van der Waals surface area contributed by atoms with Gasteiger partial charge >= 0.3 is 5.97 Å². The van der Waals surface area contributed by atoms with E-state index in [1.54, 1.807) is 11.4 Å². The molecule has 3 N–H and O–H groups in total. The summed E-state index contributed by atoms with van der Waals surface area (Å²) in [5.74, 6) is -1.78. The smallest absolute Gasteiger partial charge is 0.307 e. The maximum atomic E-state index is 12.1. The highest BCUT2D eigenvalue weighted by atomic mass is 32.2. The van der Waals surface area contributed by atoms with E-state index < -0.39 is 34.4 Å². The molecule has 31 heavy (non-hydrogen) atoms. The topological polar surface area (TPSA) is 131 Å². The molecule has 0 aliphatic heterocycles. The van der Waals surface area contributed by atoms with E-state index in [-0.39, 0.29) is 23.7 Å². The third kappa shape index (κ3) is 7.78. The Hall–Kier alpha value is -2.76. The molecule has 9 nitrogen and oxygen atoms in total. The van der Waals surface area contributed by atoms with Gasteiger partial charge in [-0.05, 0) is 43.3 Å². The van der Waals surface area contributed by atoms with Crippen LogP contribution in [0.25, 0.3) is 0 Å². The van der Waals surface area contributed by atoms with Gasteiger partial charge in [-0.3, -0.25) is 14.4 Å². The van der Waals surface area contributed by atoms with Crippen LogP contribution in [0.15, 0.2) is 33.9 Å². The van der Waals surface area contributed by atoms with E-state index in [9.17, 15) is 22.8 Å². The van der Waals surface area contributed by atoms with Crippen LogP contribution in [0.4, 0.5) is 5.69 Å². The Morgan fingerprint density at radius 1 is 1.06 bits per heavy atom. The summed E-state index contributed by atoms with van der Waals surface area (Å²) in [5.41, 5.74) is 3.62. The fourth-order valence-corrected chi connectivity index (χ4v) is 4.85. The first-order valence-electron chi connectivity index (χ1n) is 9.41. The molecule has 11 heteroatoms. The van der Waals surface area contributed by atoms with E-state index in [0.29, 0.717) is 5.69 Å². The third-order valence-corrected chi connectivity index (χ3v) is 6.99. The Morgan fingerprint density at radius 3 is 2.35 bits per heavy atom. The molecule has 0 fully saturated rings. The first-order chi connectivity index (χ1) is 14.6. The van der Waals surface area contributed by atoms with E-state index in [1.165, 1.54) is 6.07 Å². The number of thiophene rings is 1. The second-order valence-corrected chi connectivity index (χ2v) is 9.78. The molecule has 2 amide bonds. The summed E-state index contributed by atoms with van der Waals surface area (Å²) in [4.78, 5) is 35.6. The standard InChI is InChI=1S/C20H25N3O6S2/c1-13-9-14(2)20(15(3)10-13)23-16(24)11-21-17(25)12-29-18(26)6-7-22-31(27,28)19-5-4-8-30-19/h4-5,8-10,22H,6-7,11-12H2,1-3H3,(H,21,25)(H,23,24). The van der Waals surface area contributed by atoms with Crippen molar-refractivity contribution in [2.75, 3.05) is 25.0 Å². The number of amides is 2. The Labute approximate surface area is 185 Å². The highest BCUT2D eigenvalue weighted by Crippen LogP contribution is 2.21. The van der Waals surface area contributed by atoms with Crippen LogP contribution >= 0.6 is 11.3 Å². The lowest BCUT2D eigenvalue weighted by Crippen LogP contribution is -2.36. The van der Waals surface area contributed by atoms with Gasteiger partial charge in [0.2, 0.25) is 15.9 Å². The van der Waals surface area contributed by atoms with Crippen LogP contribution in [0.1, 0.15) is 23.1 Å². The summed E-state index contributed by atoms with van der Waals surface area (Å²) in [6.45, 7) is 4.74. The average Bonchev–Trinajstić information content (AvgIpc) is 3.23. The Morgan fingerprint density at radius 2 is 1.74 bits per heavy atom. The lowest BCUT2D eigenvalue weighted by molar-refractivity contribution is -0.148. The second-order valence-electron chi connectivity index (χ2n) is 6.84. The third-order valence-electron chi connectivity index (χ3n) is 4.13. The normalized spacial score (nSPS) is 11.1. The minimum absolute atomic E-state index is 0.148. The molecule has 1 aromatic heterocycles. The molecule has 0 saturated carbocycles. The number of benzene rings is 1. The molecule has 168 valence electrons. The zero-order valence-corrected chi connectivity index (χ0v) is 19.1. The molecule has 0 radical (unpaired) electrons. The summed E-state index contributed by atoms with van der Waals surface area (Å²) in [6.07, 6.45) is -0.232. The monoisotopic (exact) mass is 467 g/mol. The molecular weight excluding hydrogens is 442 g/mol. The molecule has 1 heterocycles. The number of carbonyl (C=O) groups is 3. The lowest BCUT2D eigenvalue weighted by atomic mass is 10.1. The maximum absolute atomic E-state index is 12.1. The molecule has 0 atom stereocenters. The van der Waals surface area contributed by atoms with Gasteiger partial charge in [0.15, 0.2) is 6.61 Å². The molecule has 0 aliphatic rings. The Balaban J connectivity index is 1.67. The van der Waals surface area contributed by atoms with Gasteiger partial charge in [0.1, 0.15) is 4.21 Å². The van der Waals surface area contributed by atoms with Crippen LogP contribution < -0.4 is 15.4 Å². The van der Waals surface area contributed by atoms with Crippen molar-refractivity contribution >= 4 is 44.8 Å². The number of hydrogen-bond acceptors (Lipinski definition) is 7. The van der Waals surface area contributed by atoms with Gasteiger partial charge in [-0.2, -0.15) is 0 Å². The summed E-state index contributed by atoms with van der Waals surface area (Å²) in [5, 5.41) is 6.75. The number of esters is 1. The molecule has 0 aliphatic carbocycles. The number of hydrogen-bond donors (Lipinski definition) is 3. The van der Waals surface area contributed by atoms with Crippen molar-refractivity contribution in [1.29, 1.82) is 0 Å². The summed E-state index contributed by atoms with van der Waals surface area (Å²) < 4.78 is 31.1. The fourth-order valence-electron chi connectivity index (χ4n) is 2.78. The zero-order valence-electron chi connectivity index (χ0n) is 17.5. The molecule has 2 rings (SSSR count). The largest absolute Gasteiger partial charge is 0.456 e. The number of ether oxygens (including phenoxy) is 1. The van der Waals surface area contributed by atoms with E-state index in [2.05, 4.69) is 15.4 Å². The van der Waals surface area contributed by atoms with Crippen LogP contribution in [-0.4, -0.2) is 45.9 Å². The molecule has 2 aromatic rings. The number of nitrogens with one attached hydrogen (secondary N) is 3. The van der Waals surface area contributed by atoms with E-state index in [1.807, 2.05) is 32.9 Å². The molecular formula is C20H25N3O6S2. The average molecular weight is 468 g/mol. The number of rotatable bonds is 10. The molecule has 1 aromatic carbocycles. The van der Waals surface area contributed by atoms with Crippen molar-refractivity contribution < 1.29 is 27.5 Å². The zero-order chi connectivity index (χ0) is 23.0. The minimum atomic E-state index is -3.66. The van der Waals surface area contributed by atoms with Crippen LogP contribution in [0.3, 0.4) is 0 Å². The Kier molecular flexibility index (Phi) is 8.72. The summed E-state index contributed by atoms with van der Waals surface area (Å²) >= 11 is 1.06. The summed E-state index contributed by atoms with van der Waals surface area (Å²) in [7, 11) is -3.66. The quantitative estimate of drug-likeness (QED) is 0.456. The van der Waals surface area contributed by atoms with E-state index in [0.717, 1.165) is 28.0 Å². The SMILES string of the molecule is Cc1cc(C)c(NC(=O)CNC(=O)COC(=O)CCNS(=O)(=O)c2cccs2)c(C)c1. The van der Waals surface area contributed by atoms with Gasteiger partial charge in [0.25, 0.3) is 5.91 Å². The van der Waals surface area contributed by atoms with Gasteiger partial charge < -0.3 is 15.4 Å². The first-order valence-corrected chi connectivity index (χ1v) is 11.8. The molecule has 0 saturated heterocycles. The van der Waals surface area contributed by atoms with Crippen LogP contribution in [-0.2, 0) is 29.1 Å². The van der Waals surface area contributed by atoms with E-state index in [4.69, 9.17) is 4.74 Å². The van der Waals surface area contributed by atoms with Crippen LogP contribution in [0.5, 0.6) is 0 Å². The Bertz CT molecular complexity index is 1030. The molecule has 0 unspecified atom stereocenters. The van der Waals surface area contributed by atoms with Gasteiger partial charge in [-0.1, -0.05) is 23.8 Å². The van der Waals surface area contributed by atoms with Crippen molar-refractivity contribution in [1.82, 2.24) is 10.0 Å². The van der Waals surface area contributed by atoms with E-state index >= 15 is 0 Å². The van der Waals surface area contributed by atoms with Crippen molar-refractivity contribution in [3.63, 3.8) is 0 Å². The van der Waals surface area contributed by atoms with Crippen molar-refractivity contribution in [3.8, 4) is 0 Å². The number of aryl methyl sites for hydroxylation is 3. The van der Waals surface area contributed by atoms with Gasteiger partial charge in [0, 0.05) is 12.2 Å². The predicted octanol–water partition coefficient (Wildman–Crippen LogP) is 1.64.